The van der Waals surface area contributed by atoms with E-state index in [9.17, 15) is 0 Å². The molecule has 3 N–H and O–H groups in total. The van der Waals surface area contributed by atoms with Gasteiger partial charge in [-0.25, -0.2) is 0 Å². The van der Waals surface area contributed by atoms with E-state index in [1.807, 2.05) is 0 Å². The van der Waals surface area contributed by atoms with Crippen molar-refractivity contribution in [1.82, 2.24) is 20.0 Å². The zero-order chi connectivity index (χ0) is 9.26. The number of hydrogen-bond acceptors (Lipinski definition) is 5. The molecular formula is C6H6N6O. The predicted molar refractivity (Wildman–Crippen MR) is 43.3 cm³/mol. The number of aromatic nitrogens is 4. The van der Waals surface area contributed by atoms with Crippen molar-refractivity contribution >= 4 is 11.7 Å². The molecule has 0 unspecified atom stereocenters. The highest BCUT2D eigenvalue weighted by Crippen LogP contribution is 2.09. The number of hydrogen-bond donors (Lipinski definition) is 2. The van der Waals surface area contributed by atoms with Gasteiger partial charge in [-0.2, -0.15) is 4.52 Å². The molecule has 2 heterocycles. The van der Waals surface area contributed by atoms with Crippen molar-refractivity contribution < 1.29 is 4.74 Å². The first-order valence-electron chi connectivity index (χ1n) is 3.46. The zero-order valence-corrected chi connectivity index (χ0v) is 6.51. The molecule has 7 nitrogen and oxygen atoms in total. The third-order valence-electron chi connectivity index (χ3n) is 1.40. The summed E-state index contributed by atoms with van der Waals surface area (Å²) in [7, 11) is 0. The van der Waals surface area contributed by atoms with Gasteiger partial charge in [-0.05, 0) is 16.5 Å². The first-order chi connectivity index (χ1) is 6.27. The number of pyridine rings is 1. The van der Waals surface area contributed by atoms with E-state index in [1.54, 1.807) is 18.2 Å². The molecule has 2 aromatic rings. The van der Waals surface area contributed by atoms with Gasteiger partial charge in [0.15, 0.2) is 5.65 Å². The first kappa shape index (κ1) is 7.47. The van der Waals surface area contributed by atoms with Crippen LogP contribution in [0.15, 0.2) is 18.2 Å². The van der Waals surface area contributed by atoms with Gasteiger partial charge in [0, 0.05) is 6.07 Å². The third-order valence-corrected chi connectivity index (χ3v) is 1.40. The highest BCUT2D eigenvalue weighted by molar-refractivity contribution is 5.70. The molecule has 0 fully saturated rings. The molecule has 0 saturated carbocycles. The van der Waals surface area contributed by atoms with Crippen LogP contribution in [-0.4, -0.2) is 26.1 Å². The fraction of sp³-hybridized carbons (Fsp3) is 0. The van der Waals surface area contributed by atoms with Crippen LogP contribution < -0.4 is 10.5 Å². The summed E-state index contributed by atoms with van der Waals surface area (Å²) in [4.78, 5) is 0. The number of fused-ring (bicyclic) bond motifs is 1. The lowest BCUT2D eigenvalue weighted by Gasteiger charge is -2.01. The number of tetrazole rings is 1. The minimum atomic E-state index is -0.400. The molecule has 7 heteroatoms. The lowest BCUT2D eigenvalue weighted by atomic mass is 10.5. The number of amidine groups is 1. The molecule has 13 heavy (non-hydrogen) atoms. The maximum Gasteiger partial charge on any atom is 0.285 e. The summed E-state index contributed by atoms with van der Waals surface area (Å²) in [6.07, 6.45) is 0. The molecule has 0 spiro atoms. The highest BCUT2D eigenvalue weighted by Gasteiger charge is 2.04. The number of rotatable bonds is 1. The first-order valence-corrected chi connectivity index (χ1v) is 3.46. The quantitative estimate of drug-likeness (QED) is 0.448. The molecule has 0 atom stereocenters. The van der Waals surface area contributed by atoms with Crippen LogP contribution in [0.2, 0.25) is 0 Å². The van der Waals surface area contributed by atoms with Crippen molar-refractivity contribution in [3.8, 4) is 5.88 Å². The summed E-state index contributed by atoms with van der Waals surface area (Å²) in [5, 5.41) is 17.7. The van der Waals surface area contributed by atoms with E-state index < -0.39 is 6.02 Å². The third kappa shape index (κ3) is 1.26. The Labute approximate surface area is 72.6 Å². The maximum absolute atomic E-state index is 6.93. The van der Waals surface area contributed by atoms with Crippen LogP contribution in [0.1, 0.15) is 0 Å². The predicted octanol–water partition coefficient (Wildman–Crippen LogP) is -0.603. The van der Waals surface area contributed by atoms with Gasteiger partial charge in [-0.15, -0.1) is 5.10 Å². The molecule has 0 aromatic carbocycles. The standard InChI is InChI=1S/C6H6N6O/c7-6(8)13-5-3-1-2-4-9-10-11-12(4)5/h1-3H,(H3,7,8). The fourth-order valence-electron chi connectivity index (χ4n) is 0.932. The van der Waals surface area contributed by atoms with Crippen LogP contribution in [0.4, 0.5) is 0 Å². The van der Waals surface area contributed by atoms with Crippen molar-refractivity contribution in [2.75, 3.05) is 0 Å². The summed E-state index contributed by atoms with van der Waals surface area (Å²) < 4.78 is 6.22. The summed E-state index contributed by atoms with van der Waals surface area (Å²) in [5.41, 5.74) is 5.60. The van der Waals surface area contributed by atoms with Crippen molar-refractivity contribution in [3.05, 3.63) is 18.2 Å². The van der Waals surface area contributed by atoms with Crippen LogP contribution in [0, 0.1) is 5.41 Å². The molecule has 0 bridgehead atoms. The molecule has 2 aromatic heterocycles. The van der Waals surface area contributed by atoms with Crippen LogP contribution in [0.5, 0.6) is 5.88 Å². The maximum atomic E-state index is 6.93. The smallest absolute Gasteiger partial charge is 0.285 e. The topological polar surface area (TPSA) is 102 Å². The van der Waals surface area contributed by atoms with Crippen molar-refractivity contribution in [1.29, 1.82) is 5.41 Å². The average Bonchev–Trinajstić information content (AvgIpc) is 2.51. The number of nitrogens with one attached hydrogen (secondary N) is 1. The lowest BCUT2D eigenvalue weighted by molar-refractivity contribution is 0.492. The van der Waals surface area contributed by atoms with Gasteiger partial charge >= 0.3 is 0 Å². The van der Waals surface area contributed by atoms with Gasteiger partial charge < -0.3 is 10.5 Å². The largest absolute Gasteiger partial charge is 0.407 e. The second-order valence-corrected chi connectivity index (χ2v) is 2.28. The second kappa shape index (κ2) is 2.70. The number of nitrogens with two attached hydrogens (primary N) is 1. The molecule has 0 radical (unpaired) electrons. The van der Waals surface area contributed by atoms with E-state index in [0.29, 0.717) is 11.5 Å². The Bertz CT molecular complexity index is 449. The number of ether oxygens (including phenoxy) is 1. The van der Waals surface area contributed by atoms with Crippen LogP contribution in [0.3, 0.4) is 0 Å². The summed E-state index contributed by atoms with van der Waals surface area (Å²) in [6, 6.07) is 4.64. The van der Waals surface area contributed by atoms with E-state index in [0.717, 1.165) is 0 Å². The minimum Gasteiger partial charge on any atom is -0.407 e. The molecule has 66 valence electrons. The fourth-order valence-corrected chi connectivity index (χ4v) is 0.932. The van der Waals surface area contributed by atoms with Gasteiger partial charge in [-0.3, -0.25) is 5.41 Å². The van der Waals surface area contributed by atoms with E-state index in [2.05, 4.69) is 15.5 Å². The van der Waals surface area contributed by atoms with Gasteiger partial charge in [0.2, 0.25) is 5.88 Å². The molecule has 0 aliphatic rings. The van der Waals surface area contributed by atoms with Crippen molar-refractivity contribution in [2.45, 2.75) is 0 Å². The van der Waals surface area contributed by atoms with Crippen LogP contribution >= 0.6 is 0 Å². The van der Waals surface area contributed by atoms with E-state index in [-0.39, 0.29) is 0 Å². The van der Waals surface area contributed by atoms with Crippen LogP contribution in [-0.2, 0) is 0 Å². The average molecular weight is 178 g/mol. The van der Waals surface area contributed by atoms with E-state index >= 15 is 0 Å². The SMILES string of the molecule is N=C(N)Oc1cccc2nnnn12. The Kier molecular flexibility index (Phi) is 1.55. The summed E-state index contributed by atoms with van der Waals surface area (Å²) in [5.74, 6) is 0.315. The highest BCUT2D eigenvalue weighted by atomic mass is 16.5. The molecule has 0 aliphatic carbocycles. The monoisotopic (exact) mass is 178 g/mol. The van der Waals surface area contributed by atoms with Gasteiger partial charge in [0.05, 0.1) is 0 Å². The molecule has 0 aliphatic heterocycles. The lowest BCUT2D eigenvalue weighted by Crippen LogP contribution is -2.19. The molecular weight excluding hydrogens is 172 g/mol. The van der Waals surface area contributed by atoms with Crippen molar-refractivity contribution in [2.24, 2.45) is 5.73 Å². The Morgan fingerprint density at radius 3 is 3.15 bits per heavy atom. The Morgan fingerprint density at radius 1 is 1.54 bits per heavy atom. The van der Waals surface area contributed by atoms with Crippen LogP contribution in [0.25, 0.3) is 5.65 Å². The summed E-state index contributed by atoms with van der Waals surface area (Å²) in [6.45, 7) is 0. The molecule has 0 amide bonds. The normalized spacial score (nSPS) is 10.2. The van der Waals surface area contributed by atoms with Gasteiger partial charge in [0.1, 0.15) is 0 Å². The van der Waals surface area contributed by atoms with Gasteiger partial charge in [-0.1, -0.05) is 6.07 Å². The minimum absolute atomic E-state index is 0.315. The van der Waals surface area contributed by atoms with Crippen molar-refractivity contribution in [3.63, 3.8) is 0 Å². The van der Waals surface area contributed by atoms with Gasteiger partial charge in [0.25, 0.3) is 6.02 Å². The van der Waals surface area contributed by atoms with E-state index in [1.165, 1.54) is 4.52 Å². The zero-order valence-electron chi connectivity index (χ0n) is 6.51. The molecule has 0 saturated heterocycles. The Morgan fingerprint density at radius 2 is 2.38 bits per heavy atom. The van der Waals surface area contributed by atoms with E-state index in [4.69, 9.17) is 15.9 Å². The molecule has 2 rings (SSSR count). The number of nitrogens with zero attached hydrogens (tertiary/aromatic N) is 4. The second-order valence-electron chi connectivity index (χ2n) is 2.28. The Hall–Kier alpha value is -2.18. The summed E-state index contributed by atoms with van der Waals surface area (Å²) >= 11 is 0. The Balaban J connectivity index is 2.54.